The van der Waals surface area contributed by atoms with Crippen molar-refractivity contribution >= 4 is 47.2 Å². The summed E-state index contributed by atoms with van der Waals surface area (Å²) in [7, 11) is -2.52. The topological polar surface area (TPSA) is 57.2 Å². The first kappa shape index (κ1) is 26.2. The number of aromatic nitrogens is 1. The van der Waals surface area contributed by atoms with E-state index in [0.717, 1.165) is 0 Å². The van der Waals surface area contributed by atoms with Crippen LogP contribution in [-0.2, 0) is 21.3 Å². The number of rotatable bonds is 7. The van der Waals surface area contributed by atoms with Gasteiger partial charge in [0.25, 0.3) is 0 Å². The Morgan fingerprint density at radius 3 is 2.21 bits per heavy atom. The maximum absolute atomic E-state index is 13.8. The van der Waals surface area contributed by atoms with Crippen LogP contribution in [0.1, 0.15) is 39.8 Å². The third-order valence-corrected chi connectivity index (χ3v) is 7.15. The Morgan fingerprint density at radius 1 is 1.25 bits per heavy atom. The predicted molar refractivity (Wildman–Crippen MR) is 114 cm³/mol. The van der Waals surface area contributed by atoms with Crippen LogP contribution in [0.2, 0.25) is 24.7 Å². The number of nitrogens with zero attached hydrogens (tertiary/aromatic N) is 1. The van der Waals surface area contributed by atoms with Crippen molar-refractivity contribution in [3.63, 3.8) is 0 Å². The van der Waals surface area contributed by atoms with Gasteiger partial charge in [0.2, 0.25) is 0 Å². The Balaban J connectivity index is 3.46. The van der Waals surface area contributed by atoms with Crippen LogP contribution < -0.4 is 4.72 Å². The molecule has 1 heterocycles. The zero-order valence-corrected chi connectivity index (χ0v) is 21.2. The number of hydrogen-bond acceptors (Lipinski definition) is 4. The molecule has 4 nitrogen and oxygen atoms in total. The number of alkyl halides is 3. The van der Waals surface area contributed by atoms with Crippen molar-refractivity contribution in [2.45, 2.75) is 76.3 Å². The van der Waals surface area contributed by atoms with Gasteiger partial charge in [-0.2, -0.15) is 13.2 Å². The fourth-order valence-corrected chi connectivity index (χ4v) is 4.96. The zero-order chi connectivity index (χ0) is 22.1. The van der Waals surface area contributed by atoms with Crippen LogP contribution in [0.5, 0.6) is 0 Å². The summed E-state index contributed by atoms with van der Waals surface area (Å²) in [6, 6.07) is 3.13. The average molecular weight is 524 g/mol. The second-order valence-electron chi connectivity index (χ2n) is 8.74. The fraction of sp³-hybridized carbons (Fsp3) is 0.706. The highest BCUT2D eigenvalue weighted by atomic mass is 79.9. The number of hydrogen-bond donors (Lipinski definition) is 1. The summed E-state index contributed by atoms with van der Waals surface area (Å²) in [5.41, 5.74) is -1.27. The summed E-state index contributed by atoms with van der Waals surface area (Å²) in [4.78, 5) is 4.29. The van der Waals surface area contributed by atoms with E-state index in [4.69, 9.17) is 16.0 Å². The van der Waals surface area contributed by atoms with E-state index in [1.54, 1.807) is 46.5 Å². The molecule has 0 fully saturated rings. The molecule has 1 aromatic heterocycles. The van der Waals surface area contributed by atoms with Gasteiger partial charge in [0.1, 0.15) is 21.0 Å². The normalized spacial score (nSPS) is 17.9. The monoisotopic (exact) mass is 522 g/mol. The van der Waals surface area contributed by atoms with E-state index in [2.05, 4.69) is 25.6 Å². The molecule has 162 valence electrons. The molecule has 1 rings (SSSR count). The molecule has 0 aliphatic rings. The second-order valence-corrected chi connectivity index (χ2v) is 16.4. The maximum atomic E-state index is 13.8. The first-order valence-corrected chi connectivity index (χ1v) is 14.3. The number of halogens is 5. The number of nitrogens with one attached hydrogen (secondary N) is 1. The van der Waals surface area contributed by atoms with Crippen LogP contribution in [-0.4, -0.2) is 34.9 Å². The van der Waals surface area contributed by atoms with Gasteiger partial charge in [-0.25, -0.2) is 4.98 Å². The standard InChI is InChI=1S/C17H27BrClF3N2O2SSi/c1-15(2,3)27(25)24-16(4,14-11(19)8-9-13(18)23-14)10-12(17(20,21)22)26-28(5,6)7/h8-9,12,24H,10H2,1-7H3/t12-,16-,27+/m0/s1. The number of pyridine rings is 1. The lowest BCUT2D eigenvalue weighted by Crippen LogP contribution is -2.54. The average Bonchev–Trinajstić information content (AvgIpc) is 2.45. The van der Waals surface area contributed by atoms with Crippen LogP contribution in [0.3, 0.4) is 0 Å². The fourth-order valence-electron chi connectivity index (χ4n) is 2.37. The van der Waals surface area contributed by atoms with Crippen molar-refractivity contribution in [3.8, 4) is 0 Å². The van der Waals surface area contributed by atoms with Crippen LogP contribution >= 0.6 is 27.5 Å². The summed E-state index contributed by atoms with van der Waals surface area (Å²) in [5.74, 6) is 0. The molecule has 0 radical (unpaired) electrons. The van der Waals surface area contributed by atoms with Crippen molar-refractivity contribution in [1.82, 2.24) is 9.71 Å². The SMILES string of the molecule is CC(C)(C)[S@@+]([O-])N[C@@](C)(C[C@H](O[Si](C)(C)C)C(F)(F)F)c1nc(Br)ccc1Cl. The molecule has 28 heavy (non-hydrogen) atoms. The zero-order valence-electron chi connectivity index (χ0n) is 17.0. The molecule has 11 heteroatoms. The molecule has 0 aliphatic heterocycles. The summed E-state index contributed by atoms with van der Waals surface area (Å²) in [5, 5.41) is 0.179. The van der Waals surface area contributed by atoms with Gasteiger partial charge in [0.05, 0.1) is 10.7 Å². The van der Waals surface area contributed by atoms with E-state index < -0.39 is 48.7 Å². The third-order valence-electron chi connectivity index (χ3n) is 3.66. The molecule has 0 aromatic carbocycles. The molecular formula is C17H27BrClF3N2O2SSi. The van der Waals surface area contributed by atoms with E-state index in [9.17, 15) is 17.7 Å². The minimum atomic E-state index is -4.59. The van der Waals surface area contributed by atoms with Crippen molar-refractivity contribution < 1.29 is 22.2 Å². The first-order chi connectivity index (χ1) is 12.3. The Labute approximate surface area is 182 Å². The molecule has 3 atom stereocenters. The second kappa shape index (κ2) is 9.11. The van der Waals surface area contributed by atoms with Crippen molar-refractivity contribution in [3.05, 3.63) is 27.5 Å². The van der Waals surface area contributed by atoms with Crippen molar-refractivity contribution in [2.75, 3.05) is 0 Å². The lowest BCUT2D eigenvalue weighted by Gasteiger charge is -2.38. The van der Waals surface area contributed by atoms with E-state index in [0.29, 0.717) is 4.60 Å². The quantitative estimate of drug-likeness (QED) is 0.273. The van der Waals surface area contributed by atoms with E-state index in [-0.39, 0.29) is 10.7 Å². The van der Waals surface area contributed by atoms with E-state index >= 15 is 0 Å². The minimum absolute atomic E-state index is 0.176. The molecule has 0 aliphatic carbocycles. The molecule has 1 aromatic rings. The van der Waals surface area contributed by atoms with Crippen LogP contribution in [0.4, 0.5) is 13.2 Å². The van der Waals surface area contributed by atoms with Gasteiger partial charge in [-0.05, 0) is 75.4 Å². The van der Waals surface area contributed by atoms with Gasteiger partial charge < -0.3 is 8.98 Å². The van der Waals surface area contributed by atoms with Crippen LogP contribution in [0.15, 0.2) is 16.7 Å². The molecule has 0 amide bonds. The highest BCUT2D eigenvalue weighted by molar-refractivity contribution is 9.10. The van der Waals surface area contributed by atoms with Gasteiger partial charge in [-0.1, -0.05) is 11.6 Å². The molecule has 0 bridgehead atoms. The van der Waals surface area contributed by atoms with E-state index in [1.807, 2.05) is 0 Å². The molecule has 0 saturated heterocycles. The highest BCUT2D eigenvalue weighted by Gasteiger charge is 2.50. The molecule has 0 spiro atoms. The Hall–Kier alpha value is 0.157. The third kappa shape index (κ3) is 7.77. The van der Waals surface area contributed by atoms with Gasteiger partial charge in [-0.3, -0.25) is 0 Å². The van der Waals surface area contributed by atoms with Gasteiger partial charge in [0.15, 0.2) is 8.32 Å². The first-order valence-electron chi connectivity index (χ1n) is 8.62. The summed E-state index contributed by atoms with van der Waals surface area (Å²) in [6.45, 7) is 11.8. The Bertz CT molecular complexity index is 686. The van der Waals surface area contributed by atoms with Gasteiger partial charge in [0, 0.05) is 17.8 Å². The maximum Gasteiger partial charge on any atom is 0.413 e. The van der Waals surface area contributed by atoms with Crippen molar-refractivity contribution in [2.24, 2.45) is 0 Å². The van der Waals surface area contributed by atoms with E-state index in [1.165, 1.54) is 13.0 Å². The lowest BCUT2D eigenvalue weighted by molar-refractivity contribution is -0.203. The predicted octanol–water partition coefficient (Wildman–Crippen LogP) is 5.94. The highest BCUT2D eigenvalue weighted by Crippen LogP contribution is 2.39. The summed E-state index contributed by atoms with van der Waals surface area (Å²) < 4.78 is 62.1. The van der Waals surface area contributed by atoms with Crippen molar-refractivity contribution in [1.29, 1.82) is 0 Å². The summed E-state index contributed by atoms with van der Waals surface area (Å²) >= 11 is 7.84. The summed E-state index contributed by atoms with van der Waals surface area (Å²) in [6.07, 6.45) is -7.16. The lowest BCUT2D eigenvalue weighted by atomic mass is 9.91. The Kier molecular flexibility index (Phi) is 8.52. The molecular weight excluding hydrogens is 497 g/mol. The van der Waals surface area contributed by atoms with Gasteiger partial charge >= 0.3 is 6.18 Å². The smallest absolute Gasteiger partial charge is 0.413 e. The van der Waals surface area contributed by atoms with Crippen LogP contribution in [0.25, 0.3) is 0 Å². The van der Waals surface area contributed by atoms with Gasteiger partial charge in [-0.15, -0.1) is 4.72 Å². The molecule has 0 saturated carbocycles. The molecule has 1 N–H and O–H groups in total. The minimum Gasteiger partial charge on any atom is -0.598 e. The van der Waals surface area contributed by atoms with Crippen LogP contribution in [0, 0.1) is 0 Å². The molecule has 0 unspecified atom stereocenters. The largest absolute Gasteiger partial charge is 0.598 e. The Morgan fingerprint density at radius 2 is 1.79 bits per heavy atom.